The predicted octanol–water partition coefficient (Wildman–Crippen LogP) is 3.13. The Balaban J connectivity index is 2.05. The van der Waals surface area contributed by atoms with Crippen molar-refractivity contribution < 1.29 is 4.79 Å². The average Bonchev–Trinajstić information content (AvgIpc) is 2.70. The fourth-order valence-electron chi connectivity index (χ4n) is 3.16. The van der Waals surface area contributed by atoms with E-state index < -0.39 is 0 Å². The van der Waals surface area contributed by atoms with Gasteiger partial charge in [0, 0.05) is 11.7 Å². The highest BCUT2D eigenvalue weighted by Gasteiger charge is 2.32. The van der Waals surface area contributed by atoms with Crippen LogP contribution in [-0.2, 0) is 0 Å². The van der Waals surface area contributed by atoms with Gasteiger partial charge in [0.05, 0.1) is 5.56 Å². The normalized spacial score (nSPS) is 26.4. The SMILES string of the molecule is CCC1CCC(NC(=O)c2ccc(C)cc2N)C1C. The largest absolute Gasteiger partial charge is 0.398 e. The van der Waals surface area contributed by atoms with Gasteiger partial charge in [0.1, 0.15) is 0 Å². The van der Waals surface area contributed by atoms with Crippen molar-refractivity contribution >= 4 is 11.6 Å². The van der Waals surface area contributed by atoms with Gasteiger partial charge >= 0.3 is 0 Å². The number of carbonyl (C=O) groups is 1. The van der Waals surface area contributed by atoms with E-state index in [1.807, 2.05) is 25.1 Å². The summed E-state index contributed by atoms with van der Waals surface area (Å²) >= 11 is 0. The Bertz CT molecular complexity index is 470. The molecule has 19 heavy (non-hydrogen) atoms. The van der Waals surface area contributed by atoms with E-state index in [-0.39, 0.29) is 11.9 Å². The monoisotopic (exact) mass is 260 g/mol. The van der Waals surface area contributed by atoms with E-state index in [2.05, 4.69) is 19.2 Å². The van der Waals surface area contributed by atoms with Crippen LogP contribution in [-0.4, -0.2) is 11.9 Å². The van der Waals surface area contributed by atoms with Crippen molar-refractivity contribution in [1.29, 1.82) is 0 Å². The Morgan fingerprint density at radius 3 is 2.74 bits per heavy atom. The molecule has 1 fully saturated rings. The molecule has 104 valence electrons. The molecule has 0 radical (unpaired) electrons. The second-order valence-corrected chi connectivity index (χ2v) is 5.78. The second kappa shape index (κ2) is 5.64. The summed E-state index contributed by atoms with van der Waals surface area (Å²) in [6.45, 7) is 6.44. The zero-order valence-corrected chi connectivity index (χ0v) is 12.1. The van der Waals surface area contributed by atoms with Crippen molar-refractivity contribution in [2.45, 2.75) is 46.1 Å². The van der Waals surface area contributed by atoms with Crippen LogP contribution in [0.3, 0.4) is 0 Å². The molecule has 3 atom stereocenters. The number of amides is 1. The highest BCUT2D eigenvalue weighted by molar-refractivity contribution is 5.99. The van der Waals surface area contributed by atoms with Gasteiger partial charge in [-0.25, -0.2) is 0 Å². The van der Waals surface area contributed by atoms with Crippen molar-refractivity contribution in [3.05, 3.63) is 29.3 Å². The van der Waals surface area contributed by atoms with Gasteiger partial charge in [-0.15, -0.1) is 0 Å². The number of aryl methyl sites for hydroxylation is 1. The number of carbonyl (C=O) groups excluding carboxylic acids is 1. The first-order chi connectivity index (χ1) is 9.02. The lowest BCUT2D eigenvalue weighted by Gasteiger charge is -2.21. The molecule has 1 amide bonds. The lowest BCUT2D eigenvalue weighted by Crippen LogP contribution is -2.37. The summed E-state index contributed by atoms with van der Waals surface area (Å²) < 4.78 is 0. The van der Waals surface area contributed by atoms with E-state index in [1.54, 1.807) is 0 Å². The van der Waals surface area contributed by atoms with E-state index in [9.17, 15) is 4.79 Å². The number of hydrogen-bond donors (Lipinski definition) is 2. The minimum Gasteiger partial charge on any atom is -0.398 e. The number of nitrogens with two attached hydrogens (primary N) is 1. The molecular formula is C16H24N2O. The van der Waals surface area contributed by atoms with Gasteiger partial charge in [0.15, 0.2) is 0 Å². The van der Waals surface area contributed by atoms with E-state index in [4.69, 9.17) is 5.73 Å². The quantitative estimate of drug-likeness (QED) is 0.820. The number of benzene rings is 1. The Hall–Kier alpha value is -1.51. The number of rotatable bonds is 3. The average molecular weight is 260 g/mol. The second-order valence-electron chi connectivity index (χ2n) is 5.78. The summed E-state index contributed by atoms with van der Waals surface area (Å²) in [6, 6.07) is 5.88. The van der Waals surface area contributed by atoms with Gasteiger partial charge in [-0.05, 0) is 49.3 Å². The minimum atomic E-state index is -0.0360. The summed E-state index contributed by atoms with van der Waals surface area (Å²) in [5, 5.41) is 3.15. The highest BCUT2D eigenvalue weighted by Crippen LogP contribution is 2.34. The van der Waals surface area contributed by atoms with Crippen LogP contribution in [0, 0.1) is 18.8 Å². The van der Waals surface area contributed by atoms with E-state index in [0.29, 0.717) is 17.2 Å². The summed E-state index contributed by atoms with van der Waals surface area (Å²) in [4.78, 5) is 12.3. The maximum atomic E-state index is 12.3. The van der Waals surface area contributed by atoms with Crippen molar-refractivity contribution in [3.8, 4) is 0 Å². The van der Waals surface area contributed by atoms with Crippen LogP contribution in [0.25, 0.3) is 0 Å². The summed E-state index contributed by atoms with van der Waals surface area (Å²) in [6.07, 6.45) is 3.49. The molecule has 0 saturated heterocycles. The number of nitrogen functional groups attached to an aromatic ring is 1. The van der Waals surface area contributed by atoms with Crippen LogP contribution in [0.15, 0.2) is 18.2 Å². The number of hydrogen-bond acceptors (Lipinski definition) is 2. The molecule has 0 bridgehead atoms. The molecule has 2 rings (SSSR count). The topological polar surface area (TPSA) is 55.1 Å². The van der Waals surface area contributed by atoms with Crippen LogP contribution in [0.1, 0.15) is 49.0 Å². The Labute approximate surface area is 115 Å². The third kappa shape index (κ3) is 2.91. The smallest absolute Gasteiger partial charge is 0.253 e. The first-order valence-corrected chi connectivity index (χ1v) is 7.20. The van der Waals surface area contributed by atoms with Crippen LogP contribution in [0.2, 0.25) is 0 Å². The highest BCUT2D eigenvalue weighted by atomic mass is 16.1. The Kier molecular flexibility index (Phi) is 4.13. The van der Waals surface area contributed by atoms with Crippen LogP contribution < -0.4 is 11.1 Å². The third-order valence-electron chi connectivity index (χ3n) is 4.52. The maximum absolute atomic E-state index is 12.3. The predicted molar refractivity (Wildman–Crippen MR) is 79.0 cm³/mol. The first-order valence-electron chi connectivity index (χ1n) is 7.20. The molecule has 1 aliphatic rings. The van der Waals surface area contributed by atoms with Crippen molar-refractivity contribution in [2.24, 2.45) is 11.8 Å². The summed E-state index contributed by atoms with van der Waals surface area (Å²) in [7, 11) is 0. The lowest BCUT2D eigenvalue weighted by molar-refractivity contribution is 0.0927. The fraction of sp³-hybridized carbons (Fsp3) is 0.562. The lowest BCUT2D eigenvalue weighted by atomic mass is 9.93. The van der Waals surface area contributed by atoms with Crippen LogP contribution in [0.4, 0.5) is 5.69 Å². The Morgan fingerprint density at radius 1 is 1.42 bits per heavy atom. The van der Waals surface area contributed by atoms with Gasteiger partial charge < -0.3 is 11.1 Å². The number of anilines is 1. The van der Waals surface area contributed by atoms with Gasteiger partial charge in [-0.3, -0.25) is 4.79 Å². The molecule has 0 aliphatic heterocycles. The molecule has 0 spiro atoms. The standard InChI is InChI=1S/C16H24N2O/c1-4-12-6-8-15(11(12)3)18-16(19)13-7-5-10(2)9-14(13)17/h5,7,9,11-12,15H,4,6,8,17H2,1-3H3,(H,18,19). The van der Waals surface area contributed by atoms with Gasteiger partial charge in [0.2, 0.25) is 0 Å². The summed E-state index contributed by atoms with van der Waals surface area (Å²) in [5.74, 6) is 1.26. The van der Waals surface area contributed by atoms with Crippen molar-refractivity contribution in [1.82, 2.24) is 5.32 Å². The fourth-order valence-corrected chi connectivity index (χ4v) is 3.16. The number of nitrogens with one attached hydrogen (secondary N) is 1. The zero-order chi connectivity index (χ0) is 14.0. The van der Waals surface area contributed by atoms with E-state index >= 15 is 0 Å². The van der Waals surface area contributed by atoms with Crippen LogP contribution in [0.5, 0.6) is 0 Å². The molecule has 1 aliphatic carbocycles. The molecule has 1 aromatic carbocycles. The molecule has 0 aromatic heterocycles. The van der Waals surface area contributed by atoms with Crippen molar-refractivity contribution in [3.63, 3.8) is 0 Å². The maximum Gasteiger partial charge on any atom is 0.253 e. The molecule has 0 heterocycles. The zero-order valence-electron chi connectivity index (χ0n) is 12.1. The minimum absolute atomic E-state index is 0.0360. The van der Waals surface area contributed by atoms with E-state index in [0.717, 1.165) is 17.9 Å². The molecule has 3 N–H and O–H groups in total. The van der Waals surface area contributed by atoms with Gasteiger partial charge in [-0.1, -0.05) is 26.3 Å². The molecular weight excluding hydrogens is 236 g/mol. The Morgan fingerprint density at radius 2 is 2.16 bits per heavy atom. The van der Waals surface area contributed by atoms with Gasteiger partial charge in [-0.2, -0.15) is 0 Å². The van der Waals surface area contributed by atoms with Crippen LogP contribution >= 0.6 is 0 Å². The molecule has 1 saturated carbocycles. The first kappa shape index (κ1) is 13.9. The molecule has 3 nitrogen and oxygen atoms in total. The third-order valence-corrected chi connectivity index (χ3v) is 4.52. The summed E-state index contributed by atoms with van der Waals surface area (Å²) in [5.41, 5.74) is 8.16. The van der Waals surface area contributed by atoms with Crippen molar-refractivity contribution in [2.75, 3.05) is 5.73 Å². The molecule has 3 unspecified atom stereocenters. The molecule has 1 aromatic rings. The molecule has 3 heteroatoms. The van der Waals surface area contributed by atoms with E-state index in [1.165, 1.54) is 12.8 Å². The van der Waals surface area contributed by atoms with Gasteiger partial charge in [0.25, 0.3) is 5.91 Å².